The van der Waals surface area contributed by atoms with Crippen molar-refractivity contribution >= 4 is 28.7 Å². The van der Waals surface area contributed by atoms with E-state index >= 15 is 0 Å². The van der Waals surface area contributed by atoms with E-state index in [1.807, 2.05) is 0 Å². The zero-order chi connectivity index (χ0) is 12.7. The van der Waals surface area contributed by atoms with Gasteiger partial charge in [0, 0.05) is 0 Å². The predicted octanol–water partition coefficient (Wildman–Crippen LogP) is 4.33. The fourth-order valence-corrected chi connectivity index (χ4v) is 2.73. The predicted molar refractivity (Wildman–Crippen MR) is 82.6 cm³/mol. The first-order valence-corrected chi connectivity index (χ1v) is 6.48. The Labute approximate surface area is 112 Å². The molecule has 2 heteroatoms. The molecule has 4 aromatic rings. The van der Waals surface area contributed by atoms with Gasteiger partial charge in [-0.15, -0.1) is 0 Å². The van der Waals surface area contributed by atoms with Crippen LogP contribution in [0.1, 0.15) is 0 Å². The molecule has 0 saturated carbocycles. The minimum absolute atomic E-state index is 1.20. The molecule has 0 aliphatic heterocycles. The van der Waals surface area contributed by atoms with Crippen LogP contribution in [0.4, 0.5) is 0 Å². The third kappa shape index (κ3) is 1.60. The van der Waals surface area contributed by atoms with Gasteiger partial charge in [0.05, 0.1) is 0 Å². The van der Waals surface area contributed by atoms with Gasteiger partial charge < -0.3 is 0 Å². The van der Waals surface area contributed by atoms with E-state index in [2.05, 4.69) is 78.5 Å². The quantitative estimate of drug-likeness (QED) is 0.510. The van der Waals surface area contributed by atoms with Crippen molar-refractivity contribution in [2.75, 3.05) is 0 Å². The molecule has 19 heavy (non-hydrogen) atoms. The molecule has 0 unspecified atom stereocenters. The van der Waals surface area contributed by atoms with E-state index < -0.39 is 0 Å². The summed E-state index contributed by atoms with van der Waals surface area (Å²) in [4.78, 5) is 3.55. The number of fused-ring (bicyclic) bond motifs is 3. The molecule has 2 aromatic heterocycles. The number of rotatable bonds is 1. The van der Waals surface area contributed by atoms with Gasteiger partial charge in [-0.05, 0) is 0 Å². The van der Waals surface area contributed by atoms with Gasteiger partial charge in [-0.3, -0.25) is 0 Å². The SMILES string of the molecule is b1ccccc1-c1cccc2c1[nH]c1ccccc12. The van der Waals surface area contributed by atoms with Gasteiger partial charge >= 0.3 is 111 Å². The maximum absolute atomic E-state index is 3.55. The molecular formula is C17H12BN. The van der Waals surface area contributed by atoms with Crippen LogP contribution in [0.2, 0.25) is 0 Å². The van der Waals surface area contributed by atoms with Crippen LogP contribution in [-0.4, -0.2) is 11.9 Å². The first-order valence-electron chi connectivity index (χ1n) is 6.48. The van der Waals surface area contributed by atoms with Gasteiger partial charge in [0.2, 0.25) is 0 Å². The van der Waals surface area contributed by atoms with Crippen LogP contribution in [0.25, 0.3) is 32.8 Å². The third-order valence-corrected chi connectivity index (χ3v) is 3.63. The number of nitrogens with one attached hydrogen (secondary N) is 1. The van der Waals surface area contributed by atoms with Gasteiger partial charge in [-0.1, -0.05) is 0 Å². The van der Waals surface area contributed by atoms with Crippen LogP contribution in [0, 0.1) is 0 Å². The van der Waals surface area contributed by atoms with Crippen molar-refractivity contribution in [3.05, 3.63) is 66.6 Å². The molecule has 0 bridgehead atoms. The number of H-pyrrole nitrogens is 1. The zero-order valence-electron chi connectivity index (χ0n) is 10.4. The van der Waals surface area contributed by atoms with Crippen LogP contribution >= 0.6 is 0 Å². The standard InChI is InChI=1S/C17H12BN/c1-2-10-16-12(6-1)13-7-5-8-14(17(13)19-16)15-9-3-4-11-18-15/h1-11,19H. The summed E-state index contributed by atoms with van der Waals surface area (Å²) in [5, 5.41) is 2.58. The molecule has 0 saturated heterocycles. The van der Waals surface area contributed by atoms with Crippen LogP contribution in [-0.2, 0) is 0 Å². The summed E-state index contributed by atoms with van der Waals surface area (Å²) in [6, 6.07) is 21.2. The monoisotopic (exact) mass is 241 g/mol. The summed E-state index contributed by atoms with van der Waals surface area (Å²) < 4.78 is 0. The summed E-state index contributed by atoms with van der Waals surface area (Å²) in [5.41, 5.74) is 4.92. The van der Waals surface area contributed by atoms with E-state index in [9.17, 15) is 0 Å². The normalized spacial score (nSPS) is 10.9. The first kappa shape index (κ1) is 10.6. The Morgan fingerprint density at radius 3 is 2.47 bits per heavy atom. The molecule has 0 aliphatic rings. The Kier molecular flexibility index (Phi) is 2.28. The van der Waals surface area contributed by atoms with Crippen molar-refractivity contribution in [1.82, 2.24) is 4.98 Å². The number of para-hydroxylation sites is 2. The van der Waals surface area contributed by atoms with Crippen molar-refractivity contribution in [2.24, 2.45) is 0 Å². The first-order chi connectivity index (χ1) is 9.43. The van der Waals surface area contributed by atoms with Crippen molar-refractivity contribution < 1.29 is 0 Å². The third-order valence-electron chi connectivity index (χ3n) is 3.63. The van der Waals surface area contributed by atoms with Gasteiger partial charge in [-0.25, -0.2) is 0 Å². The number of hydrogen-bond donors (Lipinski definition) is 1. The maximum atomic E-state index is 3.55. The topological polar surface area (TPSA) is 15.8 Å². The second-order valence-electron chi connectivity index (χ2n) is 4.76. The van der Waals surface area contributed by atoms with Crippen LogP contribution in [0.3, 0.4) is 0 Å². The Bertz CT molecular complexity index is 862. The average molecular weight is 241 g/mol. The fraction of sp³-hybridized carbons (Fsp3) is 0. The van der Waals surface area contributed by atoms with E-state index in [1.54, 1.807) is 0 Å². The van der Waals surface area contributed by atoms with Crippen LogP contribution in [0.5, 0.6) is 0 Å². The number of aromatic nitrogens is 1. The summed E-state index contributed by atoms with van der Waals surface area (Å²) >= 11 is 0. The van der Waals surface area contributed by atoms with Gasteiger partial charge in [0.25, 0.3) is 0 Å². The molecule has 0 radical (unpaired) electrons. The van der Waals surface area contributed by atoms with Crippen molar-refractivity contribution in [3.63, 3.8) is 0 Å². The Hall–Kier alpha value is -2.35. The van der Waals surface area contributed by atoms with Crippen LogP contribution in [0.15, 0.2) is 66.6 Å². The van der Waals surface area contributed by atoms with Gasteiger partial charge in [-0.2, -0.15) is 0 Å². The Balaban J connectivity index is 2.13. The number of aromatic amines is 1. The summed E-state index contributed by atoms with van der Waals surface area (Å²) in [6.45, 7) is 2.15. The van der Waals surface area contributed by atoms with E-state index in [4.69, 9.17) is 0 Å². The molecule has 1 nitrogen and oxygen atoms in total. The van der Waals surface area contributed by atoms with Crippen molar-refractivity contribution in [1.29, 1.82) is 0 Å². The zero-order valence-corrected chi connectivity index (χ0v) is 10.4. The molecule has 4 rings (SSSR count). The minimum atomic E-state index is 1.20. The van der Waals surface area contributed by atoms with Crippen molar-refractivity contribution in [2.45, 2.75) is 0 Å². The molecule has 2 aromatic carbocycles. The number of hydrogen-bond acceptors (Lipinski definition) is 0. The molecule has 0 amide bonds. The Morgan fingerprint density at radius 2 is 1.58 bits per heavy atom. The molecule has 2 heterocycles. The summed E-state index contributed by atoms with van der Waals surface area (Å²) in [5.74, 6) is 2.08. The van der Waals surface area contributed by atoms with E-state index in [1.165, 1.54) is 32.8 Å². The molecule has 88 valence electrons. The van der Waals surface area contributed by atoms with E-state index in [0.29, 0.717) is 0 Å². The fourth-order valence-electron chi connectivity index (χ4n) is 2.73. The molecule has 1 N–H and O–H groups in total. The summed E-state index contributed by atoms with van der Waals surface area (Å²) in [6.07, 6.45) is 0. The van der Waals surface area contributed by atoms with Gasteiger partial charge in [0.1, 0.15) is 0 Å². The van der Waals surface area contributed by atoms with Crippen LogP contribution < -0.4 is 0 Å². The molecule has 0 fully saturated rings. The van der Waals surface area contributed by atoms with Gasteiger partial charge in [0.15, 0.2) is 0 Å². The second kappa shape index (κ2) is 4.09. The van der Waals surface area contributed by atoms with E-state index in [-0.39, 0.29) is 0 Å². The number of benzene rings is 2. The van der Waals surface area contributed by atoms with E-state index in [0.717, 1.165) is 0 Å². The summed E-state index contributed by atoms with van der Waals surface area (Å²) in [7, 11) is 0. The second-order valence-corrected chi connectivity index (χ2v) is 4.76. The molecule has 0 aliphatic carbocycles. The average Bonchev–Trinajstić information content (AvgIpc) is 2.87. The molecule has 0 spiro atoms. The Morgan fingerprint density at radius 1 is 0.737 bits per heavy atom. The molecular weight excluding hydrogens is 229 g/mol. The van der Waals surface area contributed by atoms with Crippen molar-refractivity contribution in [3.8, 4) is 11.0 Å². The molecule has 0 atom stereocenters.